The van der Waals surface area contributed by atoms with Gasteiger partial charge in [-0.25, -0.2) is 0 Å². The van der Waals surface area contributed by atoms with Crippen LogP contribution in [0.5, 0.6) is 17.8 Å². The van der Waals surface area contributed by atoms with Crippen molar-refractivity contribution in [2.45, 2.75) is 52.0 Å². The lowest BCUT2D eigenvalue weighted by Crippen LogP contribution is -2.36. The number of nitrogen functional groups attached to an aromatic ring is 1. The number of carbonyl (C=O) groups is 1. The number of rotatable bonds is 14. The van der Waals surface area contributed by atoms with E-state index in [1.807, 2.05) is 28.8 Å². The maximum absolute atomic E-state index is 11.5. The Balaban J connectivity index is 1.25. The molecule has 1 aliphatic rings. The van der Waals surface area contributed by atoms with Crippen LogP contribution < -0.4 is 19.9 Å². The van der Waals surface area contributed by atoms with Crippen molar-refractivity contribution in [1.82, 2.24) is 24.4 Å². The molecule has 3 heterocycles. The molecule has 212 valence electrons. The highest BCUT2D eigenvalue weighted by Gasteiger charge is 2.22. The Kier molecular flexibility index (Phi) is 10.2. The second kappa shape index (κ2) is 14.0. The molecule has 2 aromatic heterocycles. The van der Waals surface area contributed by atoms with Crippen molar-refractivity contribution in [3.63, 3.8) is 0 Å². The normalized spacial score (nSPS) is 14.4. The van der Waals surface area contributed by atoms with E-state index in [1.165, 1.54) is 7.11 Å². The number of unbranched alkanes of at least 4 members (excludes halogenated alkanes) is 1. The Hall–Kier alpha value is -3.60. The highest BCUT2D eigenvalue weighted by molar-refractivity contribution is 5.83. The molecule has 0 bridgehead atoms. The Labute approximate surface area is 229 Å². The lowest BCUT2D eigenvalue weighted by atomic mass is 9.93. The van der Waals surface area contributed by atoms with Crippen molar-refractivity contribution in [2.75, 3.05) is 52.8 Å². The van der Waals surface area contributed by atoms with Crippen molar-refractivity contribution in [3.05, 3.63) is 29.8 Å². The number of aryl methyl sites for hydroxylation is 1. The molecule has 0 amide bonds. The first-order valence-electron chi connectivity index (χ1n) is 13.7. The number of benzene rings is 1. The number of piperidine rings is 1. The molecule has 0 spiro atoms. The SMILES string of the molecule is CCCCOc1nc(N)c2nc(OC)n(CCC3CCN(CCOc4cccc(CC(=O)OC)c4)CC3)c2n1. The van der Waals surface area contributed by atoms with E-state index in [0.717, 1.165) is 69.6 Å². The molecule has 3 aromatic rings. The first-order valence-corrected chi connectivity index (χ1v) is 13.7. The monoisotopic (exact) mass is 540 g/mol. The van der Waals surface area contributed by atoms with Gasteiger partial charge in [0.1, 0.15) is 12.4 Å². The predicted molar refractivity (Wildman–Crippen MR) is 148 cm³/mol. The lowest BCUT2D eigenvalue weighted by Gasteiger charge is -2.32. The zero-order valence-corrected chi connectivity index (χ0v) is 23.2. The van der Waals surface area contributed by atoms with Crippen LogP contribution in [0, 0.1) is 5.92 Å². The van der Waals surface area contributed by atoms with Crippen molar-refractivity contribution < 1.29 is 23.7 Å². The van der Waals surface area contributed by atoms with E-state index >= 15 is 0 Å². The number of methoxy groups -OCH3 is 2. The van der Waals surface area contributed by atoms with Crippen LogP contribution in [0.15, 0.2) is 24.3 Å². The number of aromatic nitrogens is 4. The summed E-state index contributed by atoms with van der Waals surface area (Å²) in [5.41, 5.74) is 8.24. The minimum atomic E-state index is -0.256. The van der Waals surface area contributed by atoms with Crippen LogP contribution >= 0.6 is 0 Å². The fourth-order valence-corrected chi connectivity index (χ4v) is 4.80. The summed E-state index contributed by atoms with van der Waals surface area (Å²) in [5, 5.41) is 0. The van der Waals surface area contributed by atoms with Crippen LogP contribution in [0.1, 0.15) is 44.6 Å². The highest BCUT2D eigenvalue weighted by Crippen LogP contribution is 2.28. The van der Waals surface area contributed by atoms with Crippen LogP contribution in [0.2, 0.25) is 0 Å². The number of likely N-dealkylation sites (tertiary alicyclic amines) is 1. The minimum Gasteiger partial charge on any atom is -0.492 e. The van der Waals surface area contributed by atoms with Gasteiger partial charge in [0.2, 0.25) is 0 Å². The van der Waals surface area contributed by atoms with Gasteiger partial charge in [-0.05, 0) is 62.4 Å². The minimum absolute atomic E-state index is 0.246. The molecule has 1 saturated heterocycles. The molecule has 4 rings (SSSR count). The molecule has 0 saturated carbocycles. The Morgan fingerprint density at radius 1 is 1.08 bits per heavy atom. The summed E-state index contributed by atoms with van der Waals surface area (Å²) >= 11 is 0. The quantitative estimate of drug-likeness (QED) is 0.240. The average molecular weight is 541 g/mol. The number of esters is 1. The van der Waals surface area contributed by atoms with Gasteiger partial charge < -0.3 is 24.7 Å². The van der Waals surface area contributed by atoms with E-state index in [-0.39, 0.29) is 18.4 Å². The van der Waals surface area contributed by atoms with Crippen LogP contribution in [0.25, 0.3) is 11.2 Å². The summed E-state index contributed by atoms with van der Waals surface area (Å²) in [6.07, 6.45) is 5.43. The third-order valence-electron chi connectivity index (χ3n) is 7.10. The molecule has 0 aliphatic carbocycles. The smallest absolute Gasteiger partial charge is 0.320 e. The van der Waals surface area contributed by atoms with Crippen molar-refractivity contribution in [2.24, 2.45) is 5.92 Å². The number of hydrogen-bond donors (Lipinski definition) is 1. The summed E-state index contributed by atoms with van der Waals surface area (Å²) in [5.74, 6) is 1.41. The average Bonchev–Trinajstić information content (AvgIpc) is 3.31. The van der Waals surface area contributed by atoms with Crippen molar-refractivity contribution in [1.29, 1.82) is 0 Å². The van der Waals surface area contributed by atoms with E-state index < -0.39 is 0 Å². The fourth-order valence-electron chi connectivity index (χ4n) is 4.80. The molecule has 39 heavy (non-hydrogen) atoms. The number of hydrogen-bond acceptors (Lipinski definition) is 10. The van der Waals surface area contributed by atoms with E-state index in [2.05, 4.69) is 26.8 Å². The summed E-state index contributed by atoms with van der Waals surface area (Å²) < 4.78 is 23.9. The number of carbonyl (C=O) groups excluding carboxylic acids is 1. The van der Waals surface area contributed by atoms with Gasteiger partial charge in [0.05, 0.1) is 27.2 Å². The fraction of sp³-hybridized carbons (Fsp3) is 0.571. The Bertz CT molecular complexity index is 1220. The standard InChI is InChI=1S/C28H40N6O5/c1-4-5-16-39-27-31-25(29)24-26(32-27)34(28(30-24)37-3)14-11-20-9-12-33(13-10-20)15-17-38-22-8-6-7-21(18-22)19-23(35)36-2/h6-8,18,20H,4-5,9-17,19H2,1-3H3,(H2,29,31,32). The Morgan fingerprint density at radius 2 is 1.90 bits per heavy atom. The zero-order chi connectivity index (χ0) is 27.6. The number of imidazole rings is 1. The second-order valence-corrected chi connectivity index (χ2v) is 9.84. The molecular formula is C28H40N6O5. The first kappa shape index (κ1) is 28.4. The molecule has 1 aromatic carbocycles. The van der Waals surface area contributed by atoms with Gasteiger partial charge in [-0.1, -0.05) is 25.5 Å². The summed E-state index contributed by atoms with van der Waals surface area (Å²) in [6, 6.07) is 8.39. The van der Waals surface area contributed by atoms with Gasteiger partial charge in [0.25, 0.3) is 6.01 Å². The van der Waals surface area contributed by atoms with Crippen LogP contribution in [0.3, 0.4) is 0 Å². The molecule has 1 fully saturated rings. The van der Waals surface area contributed by atoms with Gasteiger partial charge in [-0.2, -0.15) is 15.0 Å². The van der Waals surface area contributed by atoms with E-state index in [9.17, 15) is 4.79 Å². The Morgan fingerprint density at radius 3 is 2.64 bits per heavy atom. The lowest BCUT2D eigenvalue weighted by molar-refractivity contribution is -0.139. The summed E-state index contributed by atoms with van der Waals surface area (Å²) in [4.78, 5) is 27.3. The number of anilines is 1. The molecule has 0 radical (unpaired) electrons. The zero-order valence-electron chi connectivity index (χ0n) is 23.2. The third kappa shape index (κ3) is 7.72. The number of nitrogens with two attached hydrogens (primary N) is 1. The number of fused-ring (bicyclic) bond motifs is 1. The second-order valence-electron chi connectivity index (χ2n) is 9.84. The first-order chi connectivity index (χ1) is 19.0. The summed E-state index contributed by atoms with van der Waals surface area (Å²) in [6.45, 7) is 6.93. The molecule has 1 aliphatic heterocycles. The molecule has 0 atom stereocenters. The van der Waals surface area contributed by atoms with E-state index in [0.29, 0.717) is 42.1 Å². The van der Waals surface area contributed by atoms with Gasteiger partial charge in [-0.15, -0.1) is 0 Å². The predicted octanol–water partition coefficient (Wildman–Crippen LogP) is 3.49. The largest absolute Gasteiger partial charge is 0.492 e. The van der Waals surface area contributed by atoms with Crippen LogP contribution in [0.4, 0.5) is 5.82 Å². The van der Waals surface area contributed by atoms with Gasteiger partial charge in [0.15, 0.2) is 17.0 Å². The molecule has 0 unspecified atom stereocenters. The maximum atomic E-state index is 11.5. The topological polar surface area (TPSA) is 127 Å². The van der Waals surface area contributed by atoms with Gasteiger partial charge >= 0.3 is 12.0 Å². The molecular weight excluding hydrogens is 500 g/mol. The third-order valence-corrected chi connectivity index (χ3v) is 7.10. The van der Waals surface area contributed by atoms with Gasteiger partial charge in [-0.3, -0.25) is 14.3 Å². The molecule has 11 heteroatoms. The van der Waals surface area contributed by atoms with E-state index in [1.54, 1.807) is 7.11 Å². The molecule has 11 nitrogen and oxygen atoms in total. The number of ether oxygens (including phenoxy) is 4. The summed E-state index contributed by atoms with van der Waals surface area (Å²) in [7, 11) is 3.00. The van der Waals surface area contributed by atoms with Crippen molar-refractivity contribution >= 4 is 23.0 Å². The van der Waals surface area contributed by atoms with Crippen LogP contribution in [-0.2, 0) is 22.5 Å². The molecule has 2 N–H and O–H groups in total. The van der Waals surface area contributed by atoms with Crippen molar-refractivity contribution in [3.8, 4) is 17.8 Å². The number of nitrogens with zero attached hydrogens (tertiary/aromatic N) is 5. The maximum Gasteiger partial charge on any atom is 0.320 e. The highest BCUT2D eigenvalue weighted by atomic mass is 16.5. The van der Waals surface area contributed by atoms with E-state index in [4.69, 9.17) is 24.7 Å². The van der Waals surface area contributed by atoms with Gasteiger partial charge in [0, 0.05) is 13.1 Å². The van der Waals surface area contributed by atoms with Crippen LogP contribution in [-0.4, -0.2) is 77.5 Å².